The molecule has 0 atom stereocenters. The van der Waals surface area contributed by atoms with Crippen molar-refractivity contribution in [2.24, 2.45) is 0 Å². The van der Waals surface area contributed by atoms with E-state index in [1.807, 2.05) is 5.32 Å². The number of sulfonamides is 1. The van der Waals surface area contributed by atoms with E-state index >= 15 is 0 Å². The molecular weight excluding hydrogens is 323 g/mol. The van der Waals surface area contributed by atoms with Gasteiger partial charge in [-0.3, -0.25) is 14.9 Å². The molecule has 21 heavy (non-hydrogen) atoms. The molecule has 0 saturated carbocycles. The summed E-state index contributed by atoms with van der Waals surface area (Å²) < 4.78 is 39.6. The Morgan fingerprint density at radius 3 is 2.52 bits per heavy atom. The average Bonchev–Trinajstić information content (AvgIpc) is 2.33. The third-order valence-electron chi connectivity index (χ3n) is 3.18. The Morgan fingerprint density at radius 1 is 1.33 bits per heavy atom. The largest absolute Gasteiger partial charge is 0.294 e. The number of carbonyl (C=O) groups excluding carboxylic acids is 2. The van der Waals surface area contributed by atoms with E-state index in [2.05, 4.69) is 0 Å². The highest BCUT2D eigenvalue weighted by Gasteiger charge is 2.48. The molecule has 0 radical (unpaired) electrons. The van der Waals surface area contributed by atoms with Gasteiger partial charge in [0.15, 0.2) is 0 Å². The fourth-order valence-electron chi connectivity index (χ4n) is 1.95. The van der Waals surface area contributed by atoms with E-state index in [0.717, 1.165) is 12.1 Å². The molecule has 6 nitrogen and oxygen atoms in total. The molecule has 2 rings (SSSR count). The average molecular weight is 335 g/mol. The van der Waals surface area contributed by atoms with Crippen LogP contribution in [0.5, 0.6) is 0 Å². The van der Waals surface area contributed by atoms with Crippen molar-refractivity contribution >= 4 is 33.4 Å². The van der Waals surface area contributed by atoms with Gasteiger partial charge in [-0.1, -0.05) is 11.6 Å². The zero-order chi connectivity index (χ0) is 16.0. The summed E-state index contributed by atoms with van der Waals surface area (Å²) in [6.07, 6.45) is 0. The molecule has 0 spiro atoms. The van der Waals surface area contributed by atoms with Crippen molar-refractivity contribution < 1.29 is 22.4 Å². The van der Waals surface area contributed by atoms with Crippen LogP contribution in [-0.4, -0.2) is 36.6 Å². The zero-order valence-electron chi connectivity index (χ0n) is 11.2. The number of rotatable bonds is 2. The monoisotopic (exact) mass is 334 g/mol. The fourth-order valence-corrected chi connectivity index (χ4v) is 3.86. The van der Waals surface area contributed by atoms with Crippen LogP contribution in [0.1, 0.15) is 13.8 Å². The Hall–Kier alpha value is -1.51. The minimum Gasteiger partial charge on any atom is -0.294 e. The van der Waals surface area contributed by atoms with E-state index in [9.17, 15) is 22.4 Å². The lowest BCUT2D eigenvalue weighted by atomic mass is 10.0. The number of nitrogens with zero attached hydrogens (tertiary/aromatic N) is 1. The second kappa shape index (κ2) is 5.04. The van der Waals surface area contributed by atoms with Crippen LogP contribution in [0, 0.1) is 5.82 Å². The van der Waals surface area contributed by atoms with Crippen LogP contribution in [0.25, 0.3) is 0 Å². The summed E-state index contributed by atoms with van der Waals surface area (Å²) in [5, 5.41) is 2.09. The number of halogens is 2. The first-order chi connectivity index (χ1) is 9.56. The van der Waals surface area contributed by atoms with Crippen molar-refractivity contribution in [2.45, 2.75) is 24.3 Å². The van der Waals surface area contributed by atoms with Gasteiger partial charge >= 0.3 is 0 Å². The maximum Gasteiger partial charge on any atom is 0.247 e. The van der Waals surface area contributed by atoms with Gasteiger partial charge in [0, 0.05) is 5.02 Å². The van der Waals surface area contributed by atoms with Crippen LogP contribution in [0.3, 0.4) is 0 Å². The highest BCUT2D eigenvalue weighted by atomic mass is 35.5. The van der Waals surface area contributed by atoms with Gasteiger partial charge in [-0.25, -0.2) is 12.8 Å². The normalized spacial score (nSPS) is 19.4. The van der Waals surface area contributed by atoms with Crippen LogP contribution in [0.2, 0.25) is 5.02 Å². The Morgan fingerprint density at radius 2 is 1.95 bits per heavy atom. The predicted octanol–water partition coefficient (Wildman–Crippen LogP) is 0.905. The van der Waals surface area contributed by atoms with Gasteiger partial charge in [0.1, 0.15) is 16.3 Å². The molecule has 114 valence electrons. The van der Waals surface area contributed by atoms with Crippen LogP contribution in [0.15, 0.2) is 23.1 Å². The van der Waals surface area contributed by atoms with E-state index in [0.29, 0.717) is 4.31 Å². The van der Waals surface area contributed by atoms with Crippen molar-refractivity contribution in [1.82, 2.24) is 9.62 Å². The number of piperazine rings is 1. The Bertz CT molecular complexity index is 733. The third kappa shape index (κ3) is 2.66. The molecule has 1 aromatic rings. The van der Waals surface area contributed by atoms with E-state index in [-0.39, 0.29) is 5.02 Å². The minimum absolute atomic E-state index is 0.0400. The van der Waals surface area contributed by atoms with E-state index in [1.165, 1.54) is 19.9 Å². The topological polar surface area (TPSA) is 83.6 Å². The first-order valence-electron chi connectivity index (χ1n) is 5.89. The van der Waals surface area contributed by atoms with Crippen LogP contribution < -0.4 is 5.32 Å². The lowest BCUT2D eigenvalue weighted by molar-refractivity contribution is -0.141. The van der Waals surface area contributed by atoms with Gasteiger partial charge in [0.2, 0.25) is 21.8 Å². The summed E-state index contributed by atoms with van der Waals surface area (Å²) in [4.78, 5) is 22.6. The van der Waals surface area contributed by atoms with Crippen molar-refractivity contribution in [1.29, 1.82) is 0 Å². The van der Waals surface area contributed by atoms with Gasteiger partial charge in [0.05, 0.1) is 6.54 Å². The first kappa shape index (κ1) is 15.9. The fraction of sp³-hybridized carbons (Fsp3) is 0.333. The predicted molar refractivity (Wildman–Crippen MR) is 72.5 cm³/mol. The number of benzene rings is 1. The highest BCUT2D eigenvalue weighted by Crippen LogP contribution is 2.29. The molecule has 0 unspecified atom stereocenters. The summed E-state index contributed by atoms with van der Waals surface area (Å²) in [6.45, 7) is 2.10. The Labute approximate surface area is 125 Å². The minimum atomic E-state index is -4.36. The summed E-state index contributed by atoms with van der Waals surface area (Å²) in [6, 6.07) is 3.07. The lowest BCUT2D eigenvalue weighted by Gasteiger charge is -2.38. The van der Waals surface area contributed by atoms with Crippen molar-refractivity contribution in [3.63, 3.8) is 0 Å². The van der Waals surface area contributed by atoms with E-state index < -0.39 is 44.6 Å². The van der Waals surface area contributed by atoms with Crippen molar-refractivity contribution in [3.05, 3.63) is 29.0 Å². The molecular formula is C12H12ClFN2O4S. The molecule has 1 aliphatic rings. The quantitative estimate of drug-likeness (QED) is 0.815. The third-order valence-corrected chi connectivity index (χ3v) is 5.47. The van der Waals surface area contributed by atoms with Crippen molar-refractivity contribution in [3.8, 4) is 0 Å². The molecule has 0 aromatic heterocycles. The smallest absolute Gasteiger partial charge is 0.247 e. The number of hydrogen-bond acceptors (Lipinski definition) is 4. The van der Waals surface area contributed by atoms with E-state index in [4.69, 9.17) is 11.6 Å². The van der Waals surface area contributed by atoms with Crippen LogP contribution >= 0.6 is 11.6 Å². The maximum absolute atomic E-state index is 13.9. The number of carbonyl (C=O) groups is 2. The molecule has 2 amide bonds. The highest BCUT2D eigenvalue weighted by molar-refractivity contribution is 7.89. The van der Waals surface area contributed by atoms with Gasteiger partial charge < -0.3 is 0 Å². The van der Waals surface area contributed by atoms with Gasteiger partial charge in [-0.15, -0.1) is 0 Å². The Balaban J connectivity index is 2.56. The second-order valence-corrected chi connectivity index (χ2v) is 7.29. The number of amides is 2. The molecule has 1 heterocycles. The number of imide groups is 1. The van der Waals surface area contributed by atoms with Crippen molar-refractivity contribution in [2.75, 3.05) is 6.54 Å². The summed E-state index contributed by atoms with van der Waals surface area (Å²) in [5.41, 5.74) is -1.52. The van der Waals surface area contributed by atoms with Crippen LogP contribution in [-0.2, 0) is 19.6 Å². The molecule has 1 aromatic carbocycles. The molecule has 0 bridgehead atoms. The standard InChI is InChI=1S/C12H12ClFN2O4S/c1-12(2)11(18)15-10(17)6-16(12)21(19,20)9-4-3-7(13)5-8(9)14/h3-5H,6H2,1-2H3,(H,15,17,18). The van der Waals surface area contributed by atoms with Gasteiger partial charge in [-0.05, 0) is 32.0 Å². The SMILES string of the molecule is CC1(C)C(=O)NC(=O)CN1S(=O)(=O)c1ccc(Cl)cc1F. The molecule has 1 aliphatic heterocycles. The first-order valence-corrected chi connectivity index (χ1v) is 7.71. The maximum atomic E-state index is 13.9. The molecule has 1 N–H and O–H groups in total. The number of nitrogens with one attached hydrogen (secondary N) is 1. The molecule has 1 fully saturated rings. The van der Waals surface area contributed by atoms with Crippen LogP contribution in [0.4, 0.5) is 4.39 Å². The molecule has 0 aliphatic carbocycles. The van der Waals surface area contributed by atoms with E-state index in [1.54, 1.807) is 0 Å². The summed E-state index contributed by atoms with van der Waals surface area (Å²) in [7, 11) is -4.36. The summed E-state index contributed by atoms with van der Waals surface area (Å²) >= 11 is 5.59. The molecule has 1 saturated heterocycles. The Kier molecular flexibility index (Phi) is 3.81. The molecule has 9 heteroatoms. The zero-order valence-corrected chi connectivity index (χ0v) is 12.8. The number of hydrogen-bond donors (Lipinski definition) is 1. The summed E-state index contributed by atoms with van der Waals surface area (Å²) in [5.74, 6) is -2.58. The lowest BCUT2D eigenvalue weighted by Crippen LogP contribution is -2.65. The second-order valence-electron chi connectivity index (χ2n) is 5.02. The van der Waals surface area contributed by atoms with Gasteiger partial charge in [0.25, 0.3) is 0 Å². The van der Waals surface area contributed by atoms with Gasteiger partial charge in [-0.2, -0.15) is 4.31 Å².